The predicted molar refractivity (Wildman–Crippen MR) is 70.6 cm³/mol. The third kappa shape index (κ3) is 1.98. The van der Waals surface area contributed by atoms with Crippen LogP contribution in [-0.2, 0) is 4.79 Å². The zero-order chi connectivity index (χ0) is 13.4. The van der Waals surface area contributed by atoms with E-state index in [1.165, 1.54) is 0 Å². The fourth-order valence-corrected chi connectivity index (χ4v) is 2.46. The van der Waals surface area contributed by atoms with Crippen molar-refractivity contribution in [1.29, 1.82) is 0 Å². The zero-order valence-corrected chi connectivity index (χ0v) is 11.0. The van der Waals surface area contributed by atoms with Gasteiger partial charge in [-0.05, 0) is 50.5 Å². The molecule has 0 spiro atoms. The maximum absolute atomic E-state index is 11.9. The lowest BCUT2D eigenvalue weighted by Crippen LogP contribution is -2.31. The van der Waals surface area contributed by atoms with Gasteiger partial charge < -0.3 is 10.6 Å². The van der Waals surface area contributed by atoms with Gasteiger partial charge in [-0.3, -0.25) is 9.59 Å². The van der Waals surface area contributed by atoms with Gasteiger partial charge in [0.1, 0.15) is 0 Å². The van der Waals surface area contributed by atoms with E-state index in [-0.39, 0.29) is 11.9 Å². The Morgan fingerprint density at radius 2 is 2.06 bits per heavy atom. The van der Waals surface area contributed by atoms with Gasteiger partial charge in [0.05, 0.1) is 0 Å². The second-order valence-electron chi connectivity index (χ2n) is 4.95. The second kappa shape index (κ2) is 4.44. The highest BCUT2D eigenvalue weighted by Crippen LogP contribution is 2.29. The number of nitrogens with zero attached hydrogens (tertiary/aromatic N) is 1. The van der Waals surface area contributed by atoms with Crippen LogP contribution in [0.1, 0.15) is 41.3 Å². The smallest absolute Gasteiger partial charge is 0.249 e. The first-order valence-electron chi connectivity index (χ1n) is 6.15. The summed E-state index contributed by atoms with van der Waals surface area (Å²) in [5, 5.41) is 0. The molecule has 1 fully saturated rings. The molecule has 1 aliphatic heterocycles. The van der Waals surface area contributed by atoms with Crippen molar-refractivity contribution in [2.75, 3.05) is 4.90 Å². The van der Waals surface area contributed by atoms with Crippen LogP contribution in [0.3, 0.4) is 0 Å². The van der Waals surface area contributed by atoms with Crippen molar-refractivity contribution in [3.05, 3.63) is 28.8 Å². The molecule has 1 aromatic rings. The number of aryl methyl sites for hydroxylation is 1. The normalized spacial score (nSPS) is 19.4. The Kier molecular flexibility index (Phi) is 3.11. The van der Waals surface area contributed by atoms with Gasteiger partial charge in [0.2, 0.25) is 11.8 Å². The van der Waals surface area contributed by atoms with E-state index >= 15 is 0 Å². The number of primary amides is 1. The van der Waals surface area contributed by atoms with Gasteiger partial charge in [-0.25, -0.2) is 0 Å². The summed E-state index contributed by atoms with van der Waals surface area (Å²) in [5.74, 6) is -0.335. The summed E-state index contributed by atoms with van der Waals surface area (Å²) in [6.07, 6.45) is 1.43. The standard InChI is InChI=1S/C14H18N2O2/c1-8-6-11(7-12(10(8)3)14(15)18)16-9(2)4-5-13(16)17/h6-7,9H,4-5H2,1-3H3,(H2,15,18). The third-order valence-corrected chi connectivity index (χ3v) is 3.68. The highest BCUT2D eigenvalue weighted by atomic mass is 16.2. The molecule has 0 aliphatic carbocycles. The molecule has 2 amide bonds. The molecule has 1 heterocycles. The van der Waals surface area contributed by atoms with Crippen molar-refractivity contribution in [1.82, 2.24) is 0 Å². The van der Waals surface area contributed by atoms with Gasteiger partial charge in [-0.2, -0.15) is 0 Å². The van der Waals surface area contributed by atoms with Crippen molar-refractivity contribution in [2.45, 2.75) is 39.7 Å². The fraction of sp³-hybridized carbons (Fsp3) is 0.429. The molecular formula is C14H18N2O2. The average molecular weight is 246 g/mol. The van der Waals surface area contributed by atoms with Gasteiger partial charge in [0.15, 0.2) is 0 Å². The molecule has 2 N–H and O–H groups in total. The molecule has 1 atom stereocenters. The van der Waals surface area contributed by atoms with Crippen molar-refractivity contribution < 1.29 is 9.59 Å². The lowest BCUT2D eigenvalue weighted by Gasteiger charge is -2.23. The first kappa shape index (κ1) is 12.6. The van der Waals surface area contributed by atoms with E-state index in [1.807, 2.05) is 26.8 Å². The van der Waals surface area contributed by atoms with Crippen molar-refractivity contribution >= 4 is 17.5 Å². The fourth-order valence-electron chi connectivity index (χ4n) is 2.46. The number of nitrogens with two attached hydrogens (primary N) is 1. The maximum Gasteiger partial charge on any atom is 0.249 e. The number of carbonyl (C=O) groups is 2. The van der Waals surface area contributed by atoms with Crippen molar-refractivity contribution in [2.24, 2.45) is 5.73 Å². The molecular weight excluding hydrogens is 228 g/mol. The number of hydrogen-bond donors (Lipinski definition) is 1. The van der Waals surface area contributed by atoms with E-state index in [0.29, 0.717) is 12.0 Å². The van der Waals surface area contributed by atoms with Crippen LogP contribution in [0.15, 0.2) is 12.1 Å². The van der Waals surface area contributed by atoms with E-state index in [0.717, 1.165) is 23.2 Å². The van der Waals surface area contributed by atoms with E-state index < -0.39 is 5.91 Å². The number of carbonyl (C=O) groups excluding carboxylic acids is 2. The summed E-state index contributed by atoms with van der Waals surface area (Å²) >= 11 is 0. The van der Waals surface area contributed by atoms with Crippen molar-refractivity contribution in [3.8, 4) is 0 Å². The minimum Gasteiger partial charge on any atom is -0.366 e. The van der Waals surface area contributed by atoms with Crippen LogP contribution in [0, 0.1) is 13.8 Å². The SMILES string of the molecule is Cc1cc(N2C(=O)CCC2C)cc(C(N)=O)c1C. The highest BCUT2D eigenvalue weighted by molar-refractivity contribution is 6.00. The largest absolute Gasteiger partial charge is 0.366 e. The first-order chi connectivity index (χ1) is 8.41. The number of hydrogen-bond acceptors (Lipinski definition) is 2. The van der Waals surface area contributed by atoms with E-state index in [1.54, 1.807) is 11.0 Å². The summed E-state index contributed by atoms with van der Waals surface area (Å²) in [7, 11) is 0. The molecule has 0 bridgehead atoms. The Balaban J connectivity index is 2.52. The molecule has 0 saturated carbocycles. The minimum absolute atomic E-state index is 0.112. The molecule has 1 unspecified atom stereocenters. The van der Waals surface area contributed by atoms with Gasteiger partial charge in [-0.15, -0.1) is 0 Å². The Morgan fingerprint density at radius 1 is 1.39 bits per heavy atom. The monoisotopic (exact) mass is 246 g/mol. The number of amides is 2. The summed E-state index contributed by atoms with van der Waals surface area (Å²) in [6.45, 7) is 5.81. The Morgan fingerprint density at radius 3 is 2.56 bits per heavy atom. The van der Waals surface area contributed by atoms with Gasteiger partial charge in [0, 0.05) is 23.7 Å². The van der Waals surface area contributed by atoms with Crippen LogP contribution >= 0.6 is 0 Å². The summed E-state index contributed by atoms with van der Waals surface area (Å²) in [4.78, 5) is 25.1. The molecule has 1 aromatic carbocycles. The summed E-state index contributed by atoms with van der Waals surface area (Å²) in [6, 6.07) is 3.85. The third-order valence-electron chi connectivity index (χ3n) is 3.68. The van der Waals surface area contributed by atoms with E-state index in [2.05, 4.69) is 0 Å². The predicted octanol–water partition coefficient (Wildman–Crippen LogP) is 1.92. The molecule has 1 aliphatic rings. The molecule has 1 saturated heterocycles. The molecule has 0 aromatic heterocycles. The Bertz CT molecular complexity index is 523. The zero-order valence-electron chi connectivity index (χ0n) is 11.0. The lowest BCUT2D eigenvalue weighted by atomic mass is 10.0. The lowest BCUT2D eigenvalue weighted by molar-refractivity contribution is -0.117. The number of anilines is 1. The number of rotatable bonds is 2. The van der Waals surface area contributed by atoms with Crippen molar-refractivity contribution in [3.63, 3.8) is 0 Å². The molecule has 4 heteroatoms. The molecule has 4 nitrogen and oxygen atoms in total. The highest BCUT2D eigenvalue weighted by Gasteiger charge is 2.29. The summed E-state index contributed by atoms with van der Waals surface area (Å²) < 4.78 is 0. The van der Waals surface area contributed by atoms with Gasteiger partial charge in [-0.1, -0.05) is 0 Å². The topological polar surface area (TPSA) is 63.4 Å². The van der Waals surface area contributed by atoms with Crippen LogP contribution in [0.2, 0.25) is 0 Å². The summed E-state index contributed by atoms with van der Waals surface area (Å²) in [5.41, 5.74) is 8.51. The maximum atomic E-state index is 11.9. The molecule has 2 rings (SSSR count). The minimum atomic E-state index is -0.447. The molecule has 18 heavy (non-hydrogen) atoms. The van der Waals surface area contributed by atoms with Crippen LogP contribution in [0.4, 0.5) is 5.69 Å². The van der Waals surface area contributed by atoms with Crippen LogP contribution in [0.5, 0.6) is 0 Å². The van der Waals surface area contributed by atoms with Gasteiger partial charge >= 0.3 is 0 Å². The van der Waals surface area contributed by atoms with Crippen LogP contribution in [0.25, 0.3) is 0 Å². The Hall–Kier alpha value is -1.84. The van der Waals surface area contributed by atoms with Gasteiger partial charge in [0.25, 0.3) is 0 Å². The Labute approximate surface area is 107 Å². The van der Waals surface area contributed by atoms with Crippen LogP contribution < -0.4 is 10.6 Å². The number of benzene rings is 1. The second-order valence-corrected chi connectivity index (χ2v) is 4.95. The average Bonchev–Trinajstić information content (AvgIpc) is 2.62. The quantitative estimate of drug-likeness (QED) is 0.866. The molecule has 96 valence electrons. The van der Waals surface area contributed by atoms with E-state index in [4.69, 9.17) is 5.73 Å². The van der Waals surface area contributed by atoms with Crippen LogP contribution in [-0.4, -0.2) is 17.9 Å². The van der Waals surface area contributed by atoms with E-state index in [9.17, 15) is 9.59 Å². The first-order valence-corrected chi connectivity index (χ1v) is 6.15. The molecule has 0 radical (unpaired) electrons.